The van der Waals surface area contributed by atoms with E-state index < -0.39 is 5.91 Å². The van der Waals surface area contributed by atoms with Gasteiger partial charge in [0.25, 0.3) is 5.91 Å². The van der Waals surface area contributed by atoms with Crippen LogP contribution in [0.5, 0.6) is 0 Å². The second-order valence-electron chi connectivity index (χ2n) is 4.74. The van der Waals surface area contributed by atoms with Crippen molar-refractivity contribution in [1.82, 2.24) is 10.6 Å². The van der Waals surface area contributed by atoms with Crippen molar-refractivity contribution >= 4 is 23.4 Å². The van der Waals surface area contributed by atoms with Crippen molar-refractivity contribution < 1.29 is 9.59 Å². The zero-order valence-corrected chi connectivity index (χ0v) is 12.7. The number of hydrogen-bond acceptors (Lipinski definition) is 4. The third-order valence-corrected chi connectivity index (χ3v) is 3.09. The largest absolute Gasteiger partial charge is 0.391 e. The van der Waals surface area contributed by atoms with Gasteiger partial charge in [-0.3, -0.25) is 9.59 Å². The van der Waals surface area contributed by atoms with Gasteiger partial charge in [0.2, 0.25) is 5.91 Å². The normalized spacial score (nSPS) is 11.8. The zero-order valence-electron chi connectivity index (χ0n) is 11.9. The molecule has 0 unspecified atom stereocenters. The van der Waals surface area contributed by atoms with Gasteiger partial charge >= 0.3 is 0 Å². The molecule has 0 spiro atoms. The number of amides is 2. The van der Waals surface area contributed by atoms with Crippen LogP contribution in [0, 0.1) is 5.92 Å². The fourth-order valence-electron chi connectivity index (χ4n) is 1.42. The highest BCUT2D eigenvalue weighted by Gasteiger charge is 2.14. The van der Waals surface area contributed by atoms with E-state index in [2.05, 4.69) is 10.6 Å². The van der Waals surface area contributed by atoms with Gasteiger partial charge in [0.1, 0.15) is 11.5 Å². The lowest BCUT2D eigenvalue weighted by molar-refractivity contribution is -0.123. The molecule has 0 saturated heterocycles. The van der Waals surface area contributed by atoms with Crippen LogP contribution in [-0.2, 0) is 16.1 Å². The average Bonchev–Trinajstić information content (AvgIpc) is 2.43. The minimum atomic E-state index is -0.819. The molecule has 0 aromatic heterocycles. The van der Waals surface area contributed by atoms with Crippen LogP contribution in [0.15, 0.2) is 35.8 Å². The molecule has 0 atom stereocenters. The van der Waals surface area contributed by atoms with E-state index >= 15 is 0 Å². The molecule has 0 aliphatic heterocycles. The number of halogens is 1. The highest BCUT2D eigenvalue weighted by atomic mass is 35.5. The minimum absolute atomic E-state index is 0.0844. The number of rotatable bonds is 6. The molecule has 6 nitrogen and oxygen atoms in total. The number of benzene rings is 1. The quantitative estimate of drug-likeness (QED) is 0.583. The molecule has 0 radical (unpaired) electrons. The molecule has 0 heterocycles. The molecule has 0 aliphatic carbocycles. The molecule has 2 amide bonds. The van der Waals surface area contributed by atoms with Gasteiger partial charge in [-0.2, -0.15) is 0 Å². The summed E-state index contributed by atoms with van der Waals surface area (Å²) < 4.78 is 0. The lowest BCUT2D eigenvalue weighted by atomic mass is 10.2. The predicted octanol–water partition coefficient (Wildman–Crippen LogP) is 0.815. The Morgan fingerprint density at radius 2 is 1.86 bits per heavy atom. The van der Waals surface area contributed by atoms with Gasteiger partial charge in [0, 0.05) is 17.5 Å². The highest BCUT2D eigenvalue weighted by molar-refractivity contribution is 6.31. The van der Waals surface area contributed by atoms with Crippen molar-refractivity contribution in [2.45, 2.75) is 20.4 Å². The number of primary amides is 1. The monoisotopic (exact) mass is 310 g/mol. The smallest absolute Gasteiger partial charge is 0.268 e. The first kappa shape index (κ1) is 16.8. The molecule has 0 fully saturated rings. The highest BCUT2D eigenvalue weighted by Crippen LogP contribution is 2.14. The third kappa shape index (κ3) is 5.00. The van der Waals surface area contributed by atoms with Crippen molar-refractivity contribution in [2.75, 3.05) is 0 Å². The Labute approximate surface area is 128 Å². The maximum absolute atomic E-state index is 11.7. The summed E-state index contributed by atoms with van der Waals surface area (Å²) in [6.45, 7) is 3.74. The van der Waals surface area contributed by atoms with Gasteiger partial charge < -0.3 is 22.1 Å². The van der Waals surface area contributed by atoms with E-state index in [0.29, 0.717) is 11.6 Å². The Morgan fingerprint density at radius 3 is 2.38 bits per heavy atom. The Balaban J connectivity index is 2.89. The molecule has 114 valence electrons. The zero-order chi connectivity index (χ0) is 16.0. The van der Waals surface area contributed by atoms with Gasteiger partial charge in [-0.05, 0) is 11.6 Å². The third-order valence-electron chi connectivity index (χ3n) is 2.72. The Kier molecular flexibility index (Phi) is 6.05. The predicted molar refractivity (Wildman–Crippen MR) is 81.7 cm³/mol. The summed E-state index contributed by atoms with van der Waals surface area (Å²) >= 11 is 6.04. The Bertz CT molecular complexity index is 570. The molecular formula is C14H19ClN4O2. The number of nitrogens with two attached hydrogens (primary N) is 2. The summed E-state index contributed by atoms with van der Waals surface area (Å²) in [6, 6.07) is 7.20. The van der Waals surface area contributed by atoms with Crippen LogP contribution >= 0.6 is 11.6 Å². The van der Waals surface area contributed by atoms with Crippen LogP contribution in [0.1, 0.15) is 19.4 Å². The van der Waals surface area contributed by atoms with E-state index in [0.717, 1.165) is 5.56 Å². The molecule has 0 saturated carbocycles. The van der Waals surface area contributed by atoms with Gasteiger partial charge in [0.05, 0.1) is 0 Å². The van der Waals surface area contributed by atoms with E-state index in [1.54, 1.807) is 26.0 Å². The summed E-state index contributed by atoms with van der Waals surface area (Å²) in [5.74, 6) is -1.27. The van der Waals surface area contributed by atoms with E-state index in [9.17, 15) is 9.59 Å². The first-order valence-corrected chi connectivity index (χ1v) is 6.78. The van der Waals surface area contributed by atoms with Crippen molar-refractivity contribution in [1.29, 1.82) is 0 Å². The number of carbonyl (C=O) groups excluding carboxylic acids is 2. The van der Waals surface area contributed by atoms with Gasteiger partial charge in [-0.1, -0.05) is 43.6 Å². The van der Waals surface area contributed by atoms with E-state index in [-0.39, 0.29) is 23.3 Å². The molecule has 1 aromatic carbocycles. The molecule has 1 rings (SSSR count). The average molecular weight is 311 g/mol. The van der Waals surface area contributed by atoms with Crippen LogP contribution in [0.4, 0.5) is 0 Å². The van der Waals surface area contributed by atoms with Crippen LogP contribution in [0.2, 0.25) is 5.02 Å². The summed E-state index contributed by atoms with van der Waals surface area (Å²) in [5, 5.41) is 6.00. The molecule has 0 bridgehead atoms. The van der Waals surface area contributed by atoms with E-state index in [4.69, 9.17) is 23.1 Å². The first-order valence-electron chi connectivity index (χ1n) is 6.40. The second-order valence-corrected chi connectivity index (χ2v) is 5.15. The van der Waals surface area contributed by atoms with E-state index in [1.165, 1.54) is 0 Å². The fraction of sp³-hybridized carbons (Fsp3) is 0.286. The number of carbonyl (C=O) groups is 2. The lowest BCUT2D eigenvalue weighted by Crippen LogP contribution is -2.39. The molecule has 1 aromatic rings. The van der Waals surface area contributed by atoms with Crippen molar-refractivity contribution in [3.8, 4) is 0 Å². The molecule has 7 heteroatoms. The van der Waals surface area contributed by atoms with Crippen LogP contribution in [0.25, 0.3) is 0 Å². The van der Waals surface area contributed by atoms with Crippen molar-refractivity contribution in [3.05, 3.63) is 46.4 Å². The van der Waals surface area contributed by atoms with Crippen molar-refractivity contribution in [3.63, 3.8) is 0 Å². The van der Waals surface area contributed by atoms with Crippen LogP contribution in [0.3, 0.4) is 0 Å². The molecular weight excluding hydrogens is 292 g/mol. The number of hydrogen-bond donors (Lipinski definition) is 4. The Hall–Kier alpha value is -2.21. The van der Waals surface area contributed by atoms with Gasteiger partial charge in [0.15, 0.2) is 0 Å². The fourth-order valence-corrected chi connectivity index (χ4v) is 1.63. The summed E-state index contributed by atoms with van der Waals surface area (Å²) in [7, 11) is 0. The van der Waals surface area contributed by atoms with E-state index in [1.807, 2.05) is 12.1 Å². The van der Waals surface area contributed by atoms with Gasteiger partial charge in [-0.15, -0.1) is 0 Å². The minimum Gasteiger partial charge on any atom is -0.391 e. The van der Waals surface area contributed by atoms with Gasteiger partial charge in [-0.25, -0.2) is 0 Å². The second kappa shape index (κ2) is 7.54. The summed E-state index contributed by atoms with van der Waals surface area (Å²) in [5.41, 5.74) is 11.3. The molecule has 6 N–H and O–H groups in total. The molecule has 0 aliphatic rings. The maximum Gasteiger partial charge on any atom is 0.268 e. The first-order chi connectivity index (χ1) is 9.82. The lowest BCUT2D eigenvalue weighted by Gasteiger charge is -2.16. The van der Waals surface area contributed by atoms with Crippen molar-refractivity contribution in [2.24, 2.45) is 17.4 Å². The standard InChI is InChI=1S/C14H19ClN4O2/c1-8(2)14(21)19-13(11(16)12(17)20)18-7-9-5-3-4-6-10(9)15/h3-6,8,18H,7,16H2,1-2H3,(H2,17,20)(H,19,21)/b13-11+. The topological polar surface area (TPSA) is 110 Å². The molecule has 21 heavy (non-hydrogen) atoms. The summed E-state index contributed by atoms with van der Waals surface area (Å²) in [6.07, 6.45) is 0. The van der Waals surface area contributed by atoms with Crippen LogP contribution < -0.4 is 22.1 Å². The van der Waals surface area contributed by atoms with Crippen LogP contribution in [-0.4, -0.2) is 11.8 Å². The summed E-state index contributed by atoms with van der Waals surface area (Å²) in [4.78, 5) is 22.9. The number of nitrogens with one attached hydrogen (secondary N) is 2. The Morgan fingerprint density at radius 1 is 1.24 bits per heavy atom. The SMILES string of the molecule is CC(C)C(=O)N/C(NCc1ccccc1Cl)=C(/N)C(N)=O. The maximum atomic E-state index is 11.7.